The lowest BCUT2D eigenvalue weighted by Crippen LogP contribution is -2.43. The largest absolute Gasteiger partial charge is 0.462 e. The third-order valence-electron chi connectivity index (χ3n) is 9.10. The molecular formula is C40H38N2O8. The lowest BCUT2D eigenvalue weighted by atomic mass is 9.86. The molecule has 4 aromatic carbocycles. The highest BCUT2D eigenvalue weighted by Crippen LogP contribution is 2.38. The molecule has 0 aliphatic carbocycles. The quantitative estimate of drug-likeness (QED) is 0.0716. The van der Waals surface area contributed by atoms with E-state index in [1.165, 1.54) is 9.80 Å². The number of unbranched alkanes of at least 4 members (excludes halogenated alkanes) is 6. The Labute approximate surface area is 290 Å². The van der Waals surface area contributed by atoms with Gasteiger partial charge in [-0.15, -0.1) is 0 Å². The average Bonchev–Trinajstić information content (AvgIpc) is 3.14. The maximum Gasteiger partial charge on any atom is 0.338 e. The molecular weight excluding hydrogens is 636 g/mol. The maximum absolute atomic E-state index is 13.5. The Bertz CT molecular complexity index is 1730. The number of hydrogen-bond acceptors (Lipinski definition) is 8. The number of nitrogens with zero attached hydrogens (tertiary/aromatic N) is 2. The molecule has 256 valence electrons. The summed E-state index contributed by atoms with van der Waals surface area (Å²) in [4.78, 5) is 80.8. The Hall–Kier alpha value is -5.64. The lowest BCUT2D eigenvalue weighted by Gasteiger charge is -2.32. The summed E-state index contributed by atoms with van der Waals surface area (Å²) in [6.45, 7) is 1.04. The SMILES string of the molecule is O=C(OCCCCCCN1C(=O)c2ccc3c4c(ccc(c24)C1=O)C(=O)N(CCCCCCOC(=O)c1ccccc1)C3=O)c1ccccc1. The summed E-state index contributed by atoms with van der Waals surface area (Å²) in [5.74, 6) is -2.51. The zero-order valence-corrected chi connectivity index (χ0v) is 27.7. The van der Waals surface area contributed by atoms with Gasteiger partial charge in [-0.25, -0.2) is 9.59 Å². The predicted molar refractivity (Wildman–Crippen MR) is 185 cm³/mol. The monoisotopic (exact) mass is 674 g/mol. The smallest absolute Gasteiger partial charge is 0.338 e. The Morgan fingerprint density at radius 1 is 0.420 bits per heavy atom. The van der Waals surface area contributed by atoms with Crippen LogP contribution in [0.25, 0.3) is 10.8 Å². The van der Waals surface area contributed by atoms with Gasteiger partial charge in [0.05, 0.1) is 24.3 Å². The van der Waals surface area contributed by atoms with Gasteiger partial charge in [-0.05, 0) is 87.1 Å². The standard InChI is InChI=1S/C40H38N2O8/c43-35-29-19-21-31-34-32(38(46)42(37(31)45)24-12-2-4-14-26-50-40(48)28-17-9-6-10-18-28)22-20-30(33(29)34)36(44)41(35)23-11-1-3-13-25-49-39(47)27-15-7-5-8-16-27/h5-10,15-22H,1-4,11-14,23-26H2. The van der Waals surface area contributed by atoms with Crippen molar-refractivity contribution >= 4 is 46.3 Å². The predicted octanol–water partition coefficient (Wildman–Crippen LogP) is 6.87. The minimum Gasteiger partial charge on any atom is -0.462 e. The molecule has 2 aliphatic heterocycles. The van der Waals surface area contributed by atoms with E-state index < -0.39 is 23.6 Å². The molecule has 2 aliphatic rings. The first kappa shape index (κ1) is 34.2. The number of benzene rings is 4. The molecule has 6 rings (SSSR count). The van der Waals surface area contributed by atoms with Crippen LogP contribution < -0.4 is 0 Å². The van der Waals surface area contributed by atoms with E-state index in [2.05, 4.69) is 0 Å². The fourth-order valence-corrected chi connectivity index (χ4v) is 6.48. The fourth-order valence-electron chi connectivity index (χ4n) is 6.48. The van der Waals surface area contributed by atoms with Gasteiger partial charge in [-0.1, -0.05) is 49.2 Å². The minimum absolute atomic E-state index is 0.229. The highest BCUT2D eigenvalue weighted by Gasteiger charge is 2.39. The molecule has 0 N–H and O–H groups in total. The van der Waals surface area contributed by atoms with Crippen LogP contribution in [0.4, 0.5) is 0 Å². The van der Waals surface area contributed by atoms with E-state index in [4.69, 9.17) is 9.47 Å². The average molecular weight is 675 g/mol. The Balaban J connectivity index is 0.996. The molecule has 0 unspecified atom stereocenters. The maximum atomic E-state index is 13.5. The number of carbonyl (C=O) groups excluding carboxylic acids is 6. The van der Waals surface area contributed by atoms with Crippen molar-refractivity contribution in [1.29, 1.82) is 0 Å². The minimum atomic E-state index is -0.445. The summed E-state index contributed by atoms with van der Waals surface area (Å²) in [7, 11) is 0. The van der Waals surface area contributed by atoms with Crippen LogP contribution in [0.1, 0.15) is 114 Å². The normalized spacial score (nSPS) is 13.6. The van der Waals surface area contributed by atoms with Crippen molar-refractivity contribution in [3.05, 3.63) is 118 Å². The highest BCUT2D eigenvalue weighted by atomic mass is 16.5. The van der Waals surface area contributed by atoms with E-state index in [1.54, 1.807) is 72.8 Å². The first-order chi connectivity index (χ1) is 24.4. The van der Waals surface area contributed by atoms with Crippen molar-refractivity contribution < 1.29 is 38.2 Å². The topological polar surface area (TPSA) is 127 Å². The van der Waals surface area contributed by atoms with Gasteiger partial charge in [0, 0.05) is 46.1 Å². The second kappa shape index (κ2) is 15.7. The molecule has 4 aromatic rings. The Morgan fingerprint density at radius 3 is 1.08 bits per heavy atom. The number of ether oxygens (including phenoxy) is 2. The van der Waals surface area contributed by atoms with Crippen molar-refractivity contribution in [1.82, 2.24) is 9.80 Å². The molecule has 0 spiro atoms. The van der Waals surface area contributed by atoms with Gasteiger partial charge in [-0.3, -0.25) is 29.0 Å². The second-order valence-corrected chi connectivity index (χ2v) is 12.4. The van der Waals surface area contributed by atoms with Gasteiger partial charge in [0.2, 0.25) is 0 Å². The van der Waals surface area contributed by atoms with Crippen LogP contribution in [0.3, 0.4) is 0 Å². The number of hydrogen-bond donors (Lipinski definition) is 0. The molecule has 10 heteroatoms. The molecule has 4 amide bonds. The molecule has 0 atom stereocenters. The molecule has 0 bridgehead atoms. The number of rotatable bonds is 16. The zero-order chi connectivity index (χ0) is 35.0. The van der Waals surface area contributed by atoms with Gasteiger partial charge in [0.1, 0.15) is 0 Å². The van der Waals surface area contributed by atoms with Crippen molar-refractivity contribution in [2.75, 3.05) is 26.3 Å². The van der Waals surface area contributed by atoms with Crippen molar-refractivity contribution in [3.63, 3.8) is 0 Å². The van der Waals surface area contributed by atoms with Crippen LogP contribution in [-0.2, 0) is 9.47 Å². The first-order valence-electron chi connectivity index (χ1n) is 17.1. The molecule has 0 aromatic heterocycles. The van der Waals surface area contributed by atoms with E-state index in [0.717, 1.165) is 25.7 Å². The van der Waals surface area contributed by atoms with Gasteiger partial charge in [-0.2, -0.15) is 0 Å². The molecule has 10 nitrogen and oxygen atoms in total. The highest BCUT2D eigenvalue weighted by molar-refractivity contribution is 6.33. The van der Waals surface area contributed by atoms with Crippen LogP contribution >= 0.6 is 0 Å². The number of esters is 2. The first-order valence-corrected chi connectivity index (χ1v) is 17.1. The number of amides is 4. The number of carbonyl (C=O) groups is 6. The van der Waals surface area contributed by atoms with Crippen molar-refractivity contribution in [3.8, 4) is 0 Å². The van der Waals surface area contributed by atoms with E-state index in [9.17, 15) is 28.8 Å². The van der Waals surface area contributed by atoms with E-state index in [0.29, 0.717) is 83.1 Å². The van der Waals surface area contributed by atoms with Gasteiger partial charge in [0.25, 0.3) is 23.6 Å². The Morgan fingerprint density at radius 2 is 0.740 bits per heavy atom. The third kappa shape index (κ3) is 7.19. The van der Waals surface area contributed by atoms with Gasteiger partial charge in [0.15, 0.2) is 0 Å². The molecule has 2 heterocycles. The van der Waals surface area contributed by atoms with E-state index >= 15 is 0 Å². The molecule has 0 fully saturated rings. The molecule has 50 heavy (non-hydrogen) atoms. The van der Waals surface area contributed by atoms with Crippen LogP contribution in [0.2, 0.25) is 0 Å². The lowest BCUT2D eigenvalue weighted by molar-refractivity contribution is 0.0487. The third-order valence-corrected chi connectivity index (χ3v) is 9.10. The zero-order valence-electron chi connectivity index (χ0n) is 27.7. The Kier molecular flexibility index (Phi) is 10.8. The van der Waals surface area contributed by atoms with Crippen LogP contribution in [0, 0.1) is 0 Å². The molecule has 0 saturated heterocycles. The summed E-state index contributed by atoms with van der Waals surface area (Å²) in [5, 5.41) is 0.718. The summed E-state index contributed by atoms with van der Waals surface area (Å²) in [6.07, 6.45) is 5.51. The summed E-state index contributed by atoms with van der Waals surface area (Å²) < 4.78 is 10.6. The summed E-state index contributed by atoms with van der Waals surface area (Å²) in [6, 6.07) is 23.9. The molecule has 0 saturated carbocycles. The summed E-state index contributed by atoms with van der Waals surface area (Å²) in [5.41, 5.74) is 2.21. The van der Waals surface area contributed by atoms with E-state index in [1.807, 2.05) is 12.1 Å². The fraction of sp³-hybridized carbons (Fsp3) is 0.300. The number of imide groups is 2. The second-order valence-electron chi connectivity index (χ2n) is 12.4. The van der Waals surface area contributed by atoms with Crippen molar-refractivity contribution in [2.24, 2.45) is 0 Å². The van der Waals surface area contributed by atoms with Gasteiger partial charge >= 0.3 is 11.9 Å². The van der Waals surface area contributed by atoms with Crippen LogP contribution in [0.5, 0.6) is 0 Å². The van der Waals surface area contributed by atoms with Crippen molar-refractivity contribution in [2.45, 2.75) is 51.4 Å². The van der Waals surface area contributed by atoms with E-state index in [-0.39, 0.29) is 25.0 Å². The summed E-state index contributed by atoms with van der Waals surface area (Å²) >= 11 is 0. The molecule has 0 radical (unpaired) electrons. The van der Waals surface area contributed by atoms with Crippen LogP contribution in [-0.4, -0.2) is 71.7 Å². The van der Waals surface area contributed by atoms with Gasteiger partial charge < -0.3 is 9.47 Å². The van der Waals surface area contributed by atoms with Crippen LogP contribution in [0.15, 0.2) is 84.9 Å².